The number of carbonyl (C=O) groups is 1. The number of amides is 1. The highest BCUT2D eigenvalue weighted by atomic mass is 16.3. The van der Waals surface area contributed by atoms with Gasteiger partial charge in [-0.2, -0.15) is 0 Å². The first kappa shape index (κ1) is 17.5. The van der Waals surface area contributed by atoms with Crippen molar-refractivity contribution in [1.82, 2.24) is 15.5 Å². The van der Waals surface area contributed by atoms with Gasteiger partial charge >= 0.3 is 0 Å². The summed E-state index contributed by atoms with van der Waals surface area (Å²) in [6.45, 7) is 7.01. The molecule has 24 heavy (non-hydrogen) atoms. The van der Waals surface area contributed by atoms with Crippen LogP contribution in [0.2, 0.25) is 0 Å². The fraction of sp³-hybridized carbons (Fsp3) is 0.737. The van der Waals surface area contributed by atoms with E-state index in [-0.39, 0.29) is 11.9 Å². The molecule has 0 bridgehead atoms. The molecule has 1 unspecified atom stereocenters. The SMILES string of the molecule is Cc1ccc(C(CNC(=O)CCC2CCNCC2)N2CCCC2)o1. The number of likely N-dealkylation sites (tertiary alicyclic amines) is 1. The van der Waals surface area contributed by atoms with Crippen LogP contribution in [-0.2, 0) is 4.79 Å². The van der Waals surface area contributed by atoms with Gasteiger partial charge in [0, 0.05) is 13.0 Å². The normalized spacial score (nSPS) is 21.0. The maximum Gasteiger partial charge on any atom is 0.220 e. The first-order valence-corrected chi connectivity index (χ1v) is 9.50. The van der Waals surface area contributed by atoms with Gasteiger partial charge in [-0.25, -0.2) is 0 Å². The predicted molar refractivity (Wildman–Crippen MR) is 94.8 cm³/mol. The summed E-state index contributed by atoms with van der Waals surface area (Å²) in [4.78, 5) is 14.7. The Morgan fingerprint density at radius 2 is 2.08 bits per heavy atom. The minimum atomic E-state index is 0.170. The van der Waals surface area contributed by atoms with Crippen LogP contribution in [0.15, 0.2) is 16.5 Å². The van der Waals surface area contributed by atoms with E-state index in [1.807, 2.05) is 13.0 Å². The number of nitrogens with one attached hydrogen (secondary N) is 2. The number of nitrogens with zero attached hydrogens (tertiary/aromatic N) is 1. The molecule has 134 valence electrons. The Morgan fingerprint density at radius 1 is 1.33 bits per heavy atom. The molecule has 2 fully saturated rings. The third-order valence-electron chi connectivity index (χ3n) is 5.40. The molecule has 1 aromatic heterocycles. The maximum absolute atomic E-state index is 12.3. The van der Waals surface area contributed by atoms with E-state index >= 15 is 0 Å². The van der Waals surface area contributed by atoms with Gasteiger partial charge in [0.1, 0.15) is 11.5 Å². The molecular formula is C19H31N3O2. The van der Waals surface area contributed by atoms with Gasteiger partial charge < -0.3 is 15.1 Å². The Hall–Kier alpha value is -1.33. The van der Waals surface area contributed by atoms with Crippen molar-refractivity contribution in [2.75, 3.05) is 32.7 Å². The minimum Gasteiger partial charge on any atom is -0.465 e. The molecule has 3 heterocycles. The van der Waals surface area contributed by atoms with Crippen LogP contribution in [0.25, 0.3) is 0 Å². The molecule has 1 atom stereocenters. The zero-order valence-electron chi connectivity index (χ0n) is 14.9. The summed E-state index contributed by atoms with van der Waals surface area (Å²) >= 11 is 0. The highest BCUT2D eigenvalue weighted by molar-refractivity contribution is 5.75. The van der Waals surface area contributed by atoms with Crippen LogP contribution in [0, 0.1) is 12.8 Å². The Balaban J connectivity index is 1.48. The third-order valence-corrected chi connectivity index (χ3v) is 5.40. The molecule has 3 rings (SSSR count). The zero-order valence-corrected chi connectivity index (χ0v) is 14.9. The van der Waals surface area contributed by atoms with Crippen LogP contribution in [-0.4, -0.2) is 43.5 Å². The third kappa shape index (κ3) is 4.84. The lowest BCUT2D eigenvalue weighted by molar-refractivity contribution is -0.121. The van der Waals surface area contributed by atoms with E-state index in [4.69, 9.17) is 4.42 Å². The fourth-order valence-corrected chi connectivity index (χ4v) is 3.90. The molecule has 5 nitrogen and oxygen atoms in total. The summed E-state index contributed by atoms with van der Waals surface area (Å²) in [5, 5.41) is 6.53. The molecule has 2 saturated heterocycles. The van der Waals surface area contributed by atoms with Crippen LogP contribution in [0.5, 0.6) is 0 Å². The van der Waals surface area contributed by atoms with E-state index in [1.54, 1.807) is 0 Å². The van der Waals surface area contributed by atoms with Crippen molar-refractivity contribution >= 4 is 5.91 Å². The Labute approximate surface area is 145 Å². The quantitative estimate of drug-likeness (QED) is 0.805. The highest BCUT2D eigenvalue weighted by Gasteiger charge is 2.26. The number of rotatable bonds is 7. The van der Waals surface area contributed by atoms with E-state index in [0.29, 0.717) is 18.9 Å². The highest BCUT2D eigenvalue weighted by Crippen LogP contribution is 2.26. The smallest absolute Gasteiger partial charge is 0.220 e. The van der Waals surface area contributed by atoms with Crippen molar-refractivity contribution in [3.63, 3.8) is 0 Å². The summed E-state index contributed by atoms with van der Waals surface area (Å²) < 4.78 is 5.85. The molecule has 0 radical (unpaired) electrons. The Morgan fingerprint density at radius 3 is 2.75 bits per heavy atom. The van der Waals surface area contributed by atoms with Gasteiger partial charge in [-0.05, 0) is 83.3 Å². The van der Waals surface area contributed by atoms with Crippen LogP contribution in [0.3, 0.4) is 0 Å². The number of piperidine rings is 1. The second-order valence-corrected chi connectivity index (χ2v) is 7.24. The largest absolute Gasteiger partial charge is 0.465 e. The lowest BCUT2D eigenvalue weighted by Crippen LogP contribution is -2.37. The number of hydrogen-bond acceptors (Lipinski definition) is 4. The summed E-state index contributed by atoms with van der Waals surface area (Å²) in [6.07, 6.45) is 6.54. The van der Waals surface area contributed by atoms with Gasteiger partial charge in [0.05, 0.1) is 6.04 Å². The van der Waals surface area contributed by atoms with Gasteiger partial charge in [-0.1, -0.05) is 0 Å². The van der Waals surface area contributed by atoms with Crippen LogP contribution >= 0.6 is 0 Å². The average molecular weight is 333 g/mol. The van der Waals surface area contributed by atoms with E-state index < -0.39 is 0 Å². The molecule has 2 N–H and O–H groups in total. The van der Waals surface area contributed by atoms with Crippen molar-refractivity contribution in [1.29, 1.82) is 0 Å². The van der Waals surface area contributed by atoms with Crippen molar-refractivity contribution in [2.24, 2.45) is 5.92 Å². The number of carbonyl (C=O) groups excluding carboxylic acids is 1. The Bertz CT molecular complexity index is 516. The van der Waals surface area contributed by atoms with Crippen LogP contribution < -0.4 is 10.6 Å². The summed E-state index contributed by atoms with van der Waals surface area (Å²) in [7, 11) is 0. The van der Waals surface area contributed by atoms with Crippen molar-refractivity contribution in [3.05, 3.63) is 23.7 Å². The minimum absolute atomic E-state index is 0.170. The second kappa shape index (κ2) is 8.67. The second-order valence-electron chi connectivity index (χ2n) is 7.24. The van der Waals surface area contributed by atoms with E-state index in [9.17, 15) is 4.79 Å². The van der Waals surface area contributed by atoms with Gasteiger partial charge in [0.2, 0.25) is 5.91 Å². The van der Waals surface area contributed by atoms with Crippen LogP contribution in [0.4, 0.5) is 0 Å². The first-order valence-electron chi connectivity index (χ1n) is 9.50. The fourth-order valence-electron chi connectivity index (χ4n) is 3.90. The molecule has 5 heteroatoms. The standard InChI is InChI=1S/C19H31N3O2/c1-15-4-6-18(24-15)17(22-12-2-3-13-22)14-21-19(23)7-5-16-8-10-20-11-9-16/h4,6,16-17,20H,2-3,5,7-14H2,1H3,(H,21,23). The van der Waals surface area contributed by atoms with Crippen molar-refractivity contribution in [3.8, 4) is 0 Å². The van der Waals surface area contributed by atoms with Gasteiger partial charge in [-0.3, -0.25) is 9.69 Å². The summed E-state index contributed by atoms with van der Waals surface area (Å²) in [5.41, 5.74) is 0. The topological polar surface area (TPSA) is 57.5 Å². The molecule has 1 amide bonds. The van der Waals surface area contributed by atoms with E-state index in [2.05, 4.69) is 21.6 Å². The molecule has 0 saturated carbocycles. The van der Waals surface area contributed by atoms with Gasteiger partial charge in [0.15, 0.2) is 0 Å². The first-order chi connectivity index (χ1) is 11.7. The molecular weight excluding hydrogens is 302 g/mol. The lowest BCUT2D eigenvalue weighted by atomic mass is 9.93. The molecule has 1 aromatic rings. The van der Waals surface area contributed by atoms with E-state index in [0.717, 1.165) is 44.1 Å². The van der Waals surface area contributed by atoms with Crippen molar-refractivity contribution in [2.45, 2.75) is 51.5 Å². The molecule has 2 aliphatic rings. The Kier molecular flexibility index (Phi) is 6.32. The number of hydrogen-bond donors (Lipinski definition) is 2. The number of furan rings is 1. The molecule has 2 aliphatic heterocycles. The summed E-state index contributed by atoms with van der Waals surface area (Å²) in [6, 6.07) is 4.24. The van der Waals surface area contributed by atoms with Crippen molar-refractivity contribution < 1.29 is 9.21 Å². The monoisotopic (exact) mass is 333 g/mol. The van der Waals surface area contributed by atoms with Gasteiger partial charge in [-0.15, -0.1) is 0 Å². The van der Waals surface area contributed by atoms with Gasteiger partial charge in [0.25, 0.3) is 0 Å². The summed E-state index contributed by atoms with van der Waals surface area (Å²) in [5.74, 6) is 2.81. The predicted octanol–water partition coefficient (Wildman–Crippen LogP) is 2.62. The molecule has 0 spiro atoms. The van der Waals surface area contributed by atoms with Crippen LogP contribution in [0.1, 0.15) is 56.1 Å². The number of aryl methyl sites for hydroxylation is 1. The zero-order chi connectivity index (χ0) is 16.8. The molecule has 0 aromatic carbocycles. The molecule has 0 aliphatic carbocycles. The lowest BCUT2D eigenvalue weighted by Gasteiger charge is -2.26. The maximum atomic E-state index is 12.3. The average Bonchev–Trinajstić information content (AvgIpc) is 3.27. The van der Waals surface area contributed by atoms with E-state index in [1.165, 1.54) is 25.7 Å².